The molecule has 27 heavy (non-hydrogen) atoms. The molecule has 1 aliphatic rings. The van der Waals surface area contributed by atoms with Crippen LogP contribution in [-0.2, 0) is 4.74 Å². The minimum atomic E-state index is 0.174. The number of aromatic hydroxyl groups is 1. The van der Waals surface area contributed by atoms with Crippen LogP contribution in [0.5, 0.6) is 5.75 Å². The number of anilines is 1. The molecule has 3 heterocycles. The summed E-state index contributed by atoms with van der Waals surface area (Å²) in [6, 6.07) is 6.93. The molecule has 0 saturated carbocycles. The standard InChI is InChI=1S/C19H22N6O2/c1-13(2)17-20-6-7-25(17)19-22-16(14-4-3-5-15(26)12-14)21-18(23-19)24-8-10-27-11-9-24/h3-7,12-13,26H,8-11H2,1-2H3. The third-order valence-electron chi connectivity index (χ3n) is 4.41. The summed E-state index contributed by atoms with van der Waals surface area (Å²) in [4.78, 5) is 20.5. The number of phenols is 1. The summed E-state index contributed by atoms with van der Waals surface area (Å²) >= 11 is 0. The van der Waals surface area contributed by atoms with Crippen LogP contribution in [0.15, 0.2) is 36.7 Å². The minimum absolute atomic E-state index is 0.174. The first-order valence-corrected chi connectivity index (χ1v) is 9.03. The minimum Gasteiger partial charge on any atom is -0.508 e. The molecular weight excluding hydrogens is 344 g/mol. The Balaban J connectivity index is 1.85. The van der Waals surface area contributed by atoms with Crippen molar-refractivity contribution in [3.8, 4) is 23.1 Å². The van der Waals surface area contributed by atoms with Crippen molar-refractivity contribution in [2.75, 3.05) is 31.2 Å². The van der Waals surface area contributed by atoms with Gasteiger partial charge in [-0.2, -0.15) is 15.0 Å². The van der Waals surface area contributed by atoms with Crippen molar-refractivity contribution < 1.29 is 9.84 Å². The zero-order valence-corrected chi connectivity index (χ0v) is 15.4. The second-order valence-electron chi connectivity index (χ2n) is 6.72. The average molecular weight is 366 g/mol. The second kappa shape index (κ2) is 7.32. The van der Waals surface area contributed by atoms with Gasteiger partial charge < -0.3 is 14.7 Å². The van der Waals surface area contributed by atoms with Crippen LogP contribution in [0.25, 0.3) is 17.3 Å². The van der Waals surface area contributed by atoms with Gasteiger partial charge in [-0.3, -0.25) is 4.57 Å². The van der Waals surface area contributed by atoms with Crippen molar-refractivity contribution in [1.29, 1.82) is 0 Å². The van der Waals surface area contributed by atoms with Crippen LogP contribution in [0.3, 0.4) is 0 Å². The predicted octanol–water partition coefficient (Wildman–Crippen LogP) is 2.39. The second-order valence-corrected chi connectivity index (χ2v) is 6.72. The topological polar surface area (TPSA) is 89.2 Å². The van der Waals surface area contributed by atoms with Crippen molar-refractivity contribution in [2.24, 2.45) is 0 Å². The number of benzene rings is 1. The summed E-state index contributed by atoms with van der Waals surface area (Å²) in [6.07, 6.45) is 3.61. The van der Waals surface area contributed by atoms with Gasteiger partial charge in [-0.1, -0.05) is 26.0 Å². The lowest BCUT2D eigenvalue weighted by Gasteiger charge is -2.27. The van der Waals surface area contributed by atoms with E-state index in [1.165, 1.54) is 0 Å². The highest BCUT2D eigenvalue weighted by Gasteiger charge is 2.19. The van der Waals surface area contributed by atoms with Gasteiger partial charge in [-0.15, -0.1) is 0 Å². The molecule has 0 atom stereocenters. The summed E-state index contributed by atoms with van der Waals surface area (Å²) < 4.78 is 7.34. The molecule has 0 aliphatic carbocycles. The van der Waals surface area contributed by atoms with Crippen LogP contribution in [-0.4, -0.2) is 55.9 Å². The number of imidazole rings is 1. The molecule has 0 radical (unpaired) electrons. The Morgan fingerprint density at radius 2 is 1.85 bits per heavy atom. The lowest BCUT2D eigenvalue weighted by molar-refractivity contribution is 0.122. The first-order chi connectivity index (χ1) is 13.1. The Morgan fingerprint density at radius 3 is 2.59 bits per heavy atom. The third-order valence-corrected chi connectivity index (χ3v) is 4.41. The van der Waals surface area contributed by atoms with Gasteiger partial charge in [-0.05, 0) is 12.1 Å². The quantitative estimate of drug-likeness (QED) is 0.758. The molecular formula is C19H22N6O2. The average Bonchev–Trinajstić information content (AvgIpc) is 3.19. The molecule has 8 nitrogen and oxygen atoms in total. The summed E-state index contributed by atoms with van der Waals surface area (Å²) in [7, 11) is 0. The van der Waals surface area contributed by atoms with Gasteiger partial charge in [0.1, 0.15) is 11.6 Å². The van der Waals surface area contributed by atoms with Gasteiger partial charge >= 0.3 is 0 Å². The van der Waals surface area contributed by atoms with Crippen LogP contribution in [0, 0.1) is 0 Å². The predicted molar refractivity (Wildman–Crippen MR) is 101 cm³/mol. The summed E-state index contributed by atoms with van der Waals surface area (Å²) in [6.45, 7) is 6.90. The van der Waals surface area contributed by atoms with E-state index >= 15 is 0 Å². The fourth-order valence-corrected chi connectivity index (χ4v) is 3.05. The fourth-order valence-electron chi connectivity index (χ4n) is 3.05. The Morgan fingerprint density at radius 1 is 1.07 bits per heavy atom. The maximum absolute atomic E-state index is 9.85. The number of phenolic OH excluding ortho intramolecular Hbond substituents is 1. The zero-order valence-electron chi connectivity index (χ0n) is 15.4. The van der Waals surface area contributed by atoms with Crippen molar-refractivity contribution in [3.63, 3.8) is 0 Å². The Labute approximate surface area is 157 Å². The summed E-state index contributed by atoms with van der Waals surface area (Å²) in [5, 5.41) is 9.85. The van der Waals surface area contributed by atoms with E-state index in [9.17, 15) is 5.11 Å². The Bertz CT molecular complexity index is 933. The normalized spacial score (nSPS) is 14.7. The SMILES string of the molecule is CC(C)c1nccn1-c1nc(-c2cccc(O)c2)nc(N2CCOCC2)n1. The molecule has 1 saturated heterocycles. The Hall–Kier alpha value is -3.00. The van der Waals surface area contributed by atoms with E-state index in [4.69, 9.17) is 9.72 Å². The van der Waals surface area contributed by atoms with Crippen LogP contribution in [0.4, 0.5) is 5.95 Å². The van der Waals surface area contributed by atoms with Gasteiger partial charge in [-0.25, -0.2) is 4.98 Å². The van der Waals surface area contributed by atoms with E-state index < -0.39 is 0 Å². The van der Waals surface area contributed by atoms with E-state index in [0.717, 1.165) is 24.5 Å². The van der Waals surface area contributed by atoms with E-state index in [0.29, 0.717) is 30.9 Å². The van der Waals surface area contributed by atoms with Crippen molar-refractivity contribution in [1.82, 2.24) is 24.5 Å². The molecule has 0 spiro atoms. The highest BCUT2D eigenvalue weighted by Crippen LogP contribution is 2.24. The van der Waals surface area contributed by atoms with Crippen LogP contribution in [0.1, 0.15) is 25.6 Å². The van der Waals surface area contributed by atoms with Gasteiger partial charge in [0.05, 0.1) is 13.2 Å². The molecule has 0 bridgehead atoms. The van der Waals surface area contributed by atoms with E-state index in [-0.39, 0.29) is 11.7 Å². The number of morpholine rings is 1. The van der Waals surface area contributed by atoms with Crippen LogP contribution >= 0.6 is 0 Å². The molecule has 1 N–H and O–H groups in total. The number of aromatic nitrogens is 5. The summed E-state index contributed by atoms with van der Waals surface area (Å²) in [5.41, 5.74) is 0.736. The van der Waals surface area contributed by atoms with Gasteiger partial charge in [0, 0.05) is 37.0 Å². The molecule has 1 aromatic carbocycles. The van der Waals surface area contributed by atoms with E-state index in [2.05, 4.69) is 33.7 Å². The Kier molecular flexibility index (Phi) is 4.72. The number of hydrogen-bond acceptors (Lipinski definition) is 7. The van der Waals surface area contributed by atoms with E-state index in [1.807, 2.05) is 16.8 Å². The molecule has 0 amide bonds. The molecule has 1 fully saturated rings. The maximum atomic E-state index is 9.85. The highest BCUT2D eigenvalue weighted by molar-refractivity contribution is 5.59. The van der Waals surface area contributed by atoms with Crippen LogP contribution in [0.2, 0.25) is 0 Å². The van der Waals surface area contributed by atoms with Crippen molar-refractivity contribution in [2.45, 2.75) is 19.8 Å². The molecule has 3 aromatic rings. The number of hydrogen-bond donors (Lipinski definition) is 1. The fraction of sp³-hybridized carbons (Fsp3) is 0.368. The van der Waals surface area contributed by atoms with Gasteiger partial charge in [0.2, 0.25) is 11.9 Å². The molecule has 0 unspecified atom stereocenters. The van der Waals surface area contributed by atoms with Crippen molar-refractivity contribution in [3.05, 3.63) is 42.5 Å². The molecule has 8 heteroatoms. The first-order valence-electron chi connectivity index (χ1n) is 9.03. The van der Waals surface area contributed by atoms with E-state index in [1.54, 1.807) is 24.4 Å². The largest absolute Gasteiger partial charge is 0.508 e. The van der Waals surface area contributed by atoms with Crippen LogP contribution < -0.4 is 4.90 Å². The molecule has 4 rings (SSSR count). The van der Waals surface area contributed by atoms with Gasteiger partial charge in [0.15, 0.2) is 5.82 Å². The number of ether oxygens (including phenoxy) is 1. The molecule has 2 aromatic heterocycles. The summed E-state index contributed by atoms with van der Waals surface area (Å²) in [5.74, 6) is 2.92. The lowest BCUT2D eigenvalue weighted by atomic mass is 10.2. The molecule has 140 valence electrons. The van der Waals surface area contributed by atoms with Crippen molar-refractivity contribution >= 4 is 5.95 Å². The maximum Gasteiger partial charge on any atom is 0.240 e. The molecule has 1 aliphatic heterocycles. The lowest BCUT2D eigenvalue weighted by Crippen LogP contribution is -2.37. The number of rotatable bonds is 4. The highest BCUT2D eigenvalue weighted by atomic mass is 16.5. The zero-order chi connectivity index (χ0) is 18.8. The number of nitrogens with zero attached hydrogens (tertiary/aromatic N) is 6. The monoisotopic (exact) mass is 366 g/mol. The third kappa shape index (κ3) is 3.61. The first kappa shape index (κ1) is 17.4. The van der Waals surface area contributed by atoms with Gasteiger partial charge in [0.25, 0.3) is 0 Å². The smallest absolute Gasteiger partial charge is 0.240 e.